The molecule has 2 aliphatic carbocycles. The fourth-order valence-electron chi connectivity index (χ4n) is 4.66. The first kappa shape index (κ1) is 22.0. The summed E-state index contributed by atoms with van der Waals surface area (Å²) in [7, 11) is 0. The smallest absolute Gasteiger partial charge is 0.237 e. The number of carbonyl (C=O) groups is 2. The molecule has 0 aromatic carbocycles. The Hall–Kier alpha value is -1.32. The predicted octanol–water partition coefficient (Wildman–Crippen LogP) is 2.52. The molecule has 0 aromatic rings. The molecule has 2 N–H and O–H groups in total. The summed E-state index contributed by atoms with van der Waals surface area (Å²) in [5.41, 5.74) is 0. The number of carbonyl (C=O) groups excluding carboxylic acids is 2. The second-order valence-corrected chi connectivity index (χ2v) is 8.15. The molecular formula is C20H33ClN4O2. The Kier molecular flexibility index (Phi) is 8.85. The molecule has 1 atom stereocenters. The zero-order chi connectivity index (χ0) is 18.4. The van der Waals surface area contributed by atoms with Crippen molar-refractivity contribution in [2.75, 3.05) is 13.1 Å². The van der Waals surface area contributed by atoms with Crippen LogP contribution in [0.2, 0.25) is 0 Å². The third-order valence-electron chi connectivity index (χ3n) is 6.31. The Morgan fingerprint density at radius 1 is 0.926 bits per heavy atom. The van der Waals surface area contributed by atoms with Crippen molar-refractivity contribution in [2.24, 2.45) is 5.92 Å². The highest BCUT2D eigenvalue weighted by atomic mass is 35.5. The molecule has 1 aliphatic heterocycles. The van der Waals surface area contributed by atoms with Crippen molar-refractivity contribution < 1.29 is 9.59 Å². The summed E-state index contributed by atoms with van der Waals surface area (Å²) in [5.74, 6) is 0.528. The summed E-state index contributed by atoms with van der Waals surface area (Å²) in [6.45, 7) is 1.03. The number of nitriles is 1. The normalized spacial score (nSPS) is 28.9. The second-order valence-electron chi connectivity index (χ2n) is 8.15. The molecule has 3 rings (SSSR count). The molecule has 1 unspecified atom stereocenters. The van der Waals surface area contributed by atoms with Gasteiger partial charge in [-0.1, -0.05) is 19.3 Å². The fraction of sp³-hybridized carbons (Fsp3) is 0.850. The van der Waals surface area contributed by atoms with Gasteiger partial charge in [0, 0.05) is 24.5 Å². The van der Waals surface area contributed by atoms with E-state index in [9.17, 15) is 9.59 Å². The van der Waals surface area contributed by atoms with Crippen molar-refractivity contribution in [1.82, 2.24) is 15.5 Å². The van der Waals surface area contributed by atoms with Gasteiger partial charge in [0.15, 0.2) is 0 Å². The van der Waals surface area contributed by atoms with E-state index in [0.717, 1.165) is 51.4 Å². The average Bonchev–Trinajstić information content (AvgIpc) is 3.17. The highest BCUT2D eigenvalue weighted by Gasteiger charge is 2.30. The van der Waals surface area contributed by atoms with Gasteiger partial charge in [-0.05, 0) is 51.4 Å². The Morgan fingerprint density at radius 3 is 2.26 bits per heavy atom. The summed E-state index contributed by atoms with van der Waals surface area (Å²) in [6.07, 6.45) is 11.4. The zero-order valence-corrected chi connectivity index (χ0v) is 16.9. The minimum atomic E-state index is -0.241. The molecule has 6 nitrogen and oxygen atoms in total. The third-order valence-corrected chi connectivity index (χ3v) is 6.31. The topological polar surface area (TPSA) is 85.2 Å². The van der Waals surface area contributed by atoms with E-state index in [-0.39, 0.29) is 36.2 Å². The van der Waals surface area contributed by atoms with Crippen molar-refractivity contribution in [3.63, 3.8) is 0 Å². The Balaban J connectivity index is 0.00000261. The molecule has 7 heteroatoms. The molecule has 1 heterocycles. The highest BCUT2D eigenvalue weighted by molar-refractivity contribution is 5.85. The number of halogens is 1. The van der Waals surface area contributed by atoms with E-state index >= 15 is 0 Å². The van der Waals surface area contributed by atoms with Gasteiger partial charge in [0.1, 0.15) is 6.04 Å². The second kappa shape index (κ2) is 10.9. The van der Waals surface area contributed by atoms with Crippen molar-refractivity contribution in [3.05, 3.63) is 0 Å². The van der Waals surface area contributed by atoms with Gasteiger partial charge in [0.05, 0.1) is 12.6 Å². The van der Waals surface area contributed by atoms with E-state index in [1.165, 1.54) is 19.3 Å². The van der Waals surface area contributed by atoms with Crippen LogP contribution in [0.1, 0.15) is 70.6 Å². The molecule has 0 radical (unpaired) electrons. The summed E-state index contributed by atoms with van der Waals surface area (Å²) < 4.78 is 0. The Bertz CT molecular complexity index is 537. The predicted molar refractivity (Wildman–Crippen MR) is 106 cm³/mol. The molecule has 2 saturated carbocycles. The number of hydrogen-bond acceptors (Lipinski definition) is 4. The summed E-state index contributed by atoms with van der Waals surface area (Å²) in [4.78, 5) is 26.4. The number of nitrogens with one attached hydrogen (secondary N) is 2. The first-order valence-corrected chi connectivity index (χ1v) is 10.4. The van der Waals surface area contributed by atoms with Crippen LogP contribution in [0, 0.1) is 17.2 Å². The molecule has 27 heavy (non-hydrogen) atoms. The van der Waals surface area contributed by atoms with E-state index in [0.29, 0.717) is 25.2 Å². The minimum Gasteiger partial charge on any atom is -0.353 e. The first-order chi connectivity index (χ1) is 12.7. The number of rotatable bonds is 5. The van der Waals surface area contributed by atoms with Crippen LogP contribution in [0.25, 0.3) is 0 Å². The molecular weight excluding hydrogens is 364 g/mol. The van der Waals surface area contributed by atoms with Crippen LogP contribution in [-0.4, -0.2) is 47.9 Å². The van der Waals surface area contributed by atoms with Crippen LogP contribution in [-0.2, 0) is 9.59 Å². The monoisotopic (exact) mass is 396 g/mol. The maximum atomic E-state index is 12.4. The van der Waals surface area contributed by atoms with E-state index in [1.54, 1.807) is 4.90 Å². The lowest BCUT2D eigenvalue weighted by molar-refractivity contribution is -0.130. The molecule has 152 valence electrons. The van der Waals surface area contributed by atoms with Gasteiger partial charge in [-0.25, -0.2) is 0 Å². The Labute approximate surface area is 168 Å². The van der Waals surface area contributed by atoms with Crippen LogP contribution < -0.4 is 10.6 Å². The molecule has 3 fully saturated rings. The summed E-state index contributed by atoms with van der Waals surface area (Å²) >= 11 is 0. The molecule has 2 amide bonds. The minimum absolute atomic E-state index is 0. The van der Waals surface area contributed by atoms with Gasteiger partial charge in [0.2, 0.25) is 11.8 Å². The van der Waals surface area contributed by atoms with Crippen LogP contribution in [0.3, 0.4) is 0 Å². The van der Waals surface area contributed by atoms with Crippen molar-refractivity contribution in [3.8, 4) is 6.07 Å². The number of nitrogens with zero attached hydrogens (tertiary/aromatic N) is 2. The van der Waals surface area contributed by atoms with E-state index in [2.05, 4.69) is 16.7 Å². The maximum Gasteiger partial charge on any atom is 0.237 e. The molecule has 3 aliphatic rings. The zero-order valence-electron chi connectivity index (χ0n) is 16.1. The van der Waals surface area contributed by atoms with E-state index in [1.807, 2.05) is 0 Å². The lowest BCUT2D eigenvalue weighted by atomic mass is 9.87. The standard InChI is InChI=1S/C20H32N4O2.ClH/c21-13-18-7-4-12-24(18)19(25)14-22-16-8-10-17(11-9-16)23-20(26)15-5-2-1-3-6-15;/h15-18,22H,1-12,14H2,(H,23,26);1H. The number of likely N-dealkylation sites (tertiary alicyclic amines) is 1. The number of amides is 2. The lowest BCUT2D eigenvalue weighted by Gasteiger charge is -2.31. The average molecular weight is 397 g/mol. The van der Waals surface area contributed by atoms with Crippen LogP contribution in [0.5, 0.6) is 0 Å². The summed E-state index contributed by atoms with van der Waals surface area (Å²) in [5, 5.41) is 15.7. The van der Waals surface area contributed by atoms with Crippen molar-refractivity contribution in [2.45, 2.75) is 88.8 Å². The van der Waals surface area contributed by atoms with Crippen LogP contribution >= 0.6 is 12.4 Å². The van der Waals surface area contributed by atoms with Crippen molar-refractivity contribution in [1.29, 1.82) is 5.26 Å². The largest absolute Gasteiger partial charge is 0.353 e. The van der Waals surface area contributed by atoms with Gasteiger partial charge in [0.25, 0.3) is 0 Å². The first-order valence-electron chi connectivity index (χ1n) is 10.4. The van der Waals surface area contributed by atoms with Gasteiger partial charge in [-0.3, -0.25) is 9.59 Å². The number of hydrogen-bond donors (Lipinski definition) is 2. The third kappa shape index (κ3) is 6.08. The molecule has 1 saturated heterocycles. The molecule has 0 aromatic heterocycles. The van der Waals surface area contributed by atoms with Gasteiger partial charge in [-0.15, -0.1) is 12.4 Å². The fourth-order valence-corrected chi connectivity index (χ4v) is 4.66. The van der Waals surface area contributed by atoms with Crippen LogP contribution in [0.15, 0.2) is 0 Å². The van der Waals surface area contributed by atoms with Gasteiger partial charge in [-0.2, -0.15) is 5.26 Å². The highest BCUT2D eigenvalue weighted by Crippen LogP contribution is 2.25. The van der Waals surface area contributed by atoms with E-state index in [4.69, 9.17) is 5.26 Å². The SMILES string of the molecule is Cl.N#CC1CCCN1C(=O)CNC1CCC(NC(=O)C2CCCCC2)CC1. The van der Waals surface area contributed by atoms with Crippen LogP contribution in [0.4, 0.5) is 0 Å². The Morgan fingerprint density at radius 2 is 1.59 bits per heavy atom. The molecule has 0 bridgehead atoms. The van der Waals surface area contributed by atoms with Gasteiger partial charge < -0.3 is 15.5 Å². The lowest BCUT2D eigenvalue weighted by Crippen LogP contribution is -2.47. The molecule has 0 spiro atoms. The van der Waals surface area contributed by atoms with E-state index < -0.39 is 0 Å². The van der Waals surface area contributed by atoms with Gasteiger partial charge >= 0.3 is 0 Å². The quantitative estimate of drug-likeness (QED) is 0.747. The van der Waals surface area contributed by atoms with Crippen molar-refractivity contribution >= 4 is 24.2 Å². The summed E-state index contributed by atoms with van der Waals surface area (Å²) in [6, 6.07) is 2.61. The maximum absolute atomic E-state index is 12.4.